The van der Waals surface area contributed by atoms with E-state index in [0.717, 1.165) is 24.1 Å². The average molecular weight is 408 g/mol. The highest BCUT2D eigenvalue weighted by molar-refractivity contribution is 5.99. The molecule has 3 aliphatic rings. The molecule has 1 aromatic rings. The van der Waals surface area contributed by atoms with E-state index in [2.05, 4.69) is 10.6 Å². The van der Waals surface area contributed by atoms with Crippen molar-refractivity contribution in [2.45, 2.75) is 51.1 Å². The zero-order valence-electron chi connectivity index (χ0n) is 16.4. The molecular formula is C21H30ClN3O3. The molecule has 7 heteroatoms. The van der Waals surface area contributed by atoms with Gasteiger partial charge in [0, 0.05) is 42.8 Å². The highest BCUT2D eigenvalue weighted by atomic mass is 35.5. The number of rotatable bonds is 4. The number of hydrogen-bond acceptors (Lipinski definition) is 4. The lowest BCUT2D eigenvalue weighted by Crippen LogP contribution is -2.41. The molecule has 2 N–H and O–H groups in total. The van der Waals surface area contributed by atoms with Crippen LogP contribution in [0.4, 0.5) is 5.69 Å². The van der Waals surface area contributed by atoms with E-state index >= 15 is 0 Å². The molecular weight excluding hydrogens is 378 g/mol. The lowest BCUT2D eigenvalue weighted by Gasteiger charge is -2.29. The number of halogens is 1. The minimum atomic E-state index is 0. The largest absolute Gasteiger partial charge is 0.378 e. The smallest absolute Gasteiger partial charge is 0.254 e. The molecule has 154 valence electrons. The molecule has 28 heavy (non-hydrogen) atoms. The topological polar surface area (TPSA) is 70.7 Å². The van der Waals surface area contributed by atoms with Crippen molar-refractivity contribution in [2.75, 3.05) is 31.6 Å². The predicted molar refractivity (Wildman–Crippen MR) is 111 cm³/mol. The van der Waals surface area contributed by atoms with Gasteiger partial charge >= 0.3 is 0 Å². The highest BCUT2D eigenvalue weighted by Gasteiger charge is 2.34. The summed E-state index contributed by atoms with van der Waals surface area (Å²) in [5.74, 6) is 0.532. The third-order valence-corrected chi connectivity index (χ3v) is 6.18. The summed E-state index contributed by atoms with van der Waals surface area (Å²) in [6.45, 7) is 4.31. The number of benzene rings is 1. The first-order valence-electron chi connectivity index (χ1n) is 10.1. The first kappa shape index (κ1) is 21.1. The van der Waals surface area contributed by atoms with E-state index in [0.29, 0.717) is 56.3 Å². The van der Waals surface area contributed by atoms with Gasteiger partial charge in [-0.15, -0.1) is 12.4 Å². The minimum Gasteiger partial charge on any atom is -0.378 e. The van der Waals surface area contributed by atoms with Gasteiger partial charge in [-0.25, -0.2) is 0 Å². The molecule has 3 aliphatic heterocycles. The molecule has 1 aromatic carbocycles. The van der Waals surface area contributed by atoms with Crippen molar-refractivity contribution in [3.8, 4) is 0 Å². The Hall–Kier alpha value is -1.63. The summed E-state index contributed by atoms with van der Waals surface area (Å²) in [6.07, 6.45) is 5.24. The Labute approximate surface area is 172 Å². The van der Waals surface area contributed by atoms with E-state index in [1.165, 1.54) is 12.8 Å². The number of morpholine rings is 1. The van der Waals surface area contributed by atoms with Crippen LogP contribution in [0.15, 0.2) is 18.2 Å². The molecule has 0 saturated carbocycles. The van der Waals surface area contributed by atoms with Crippen LogP contribution < -0.4 is 10.6 Å². The quantitative estimate of drug-likeness (QED) is 0.805. The van der Waals surface area contributed by atoms with Crippen molar-refractivity contribution in [3.63, 3.8) is 0 Å². The standard InChI is InChI=1S/C21H29N3O3.ClH/c1-14-18(21(26)24-7-9-27-10-8-24)3-2-4-19(14)23-20(25)13-15-11-16-5-6-17(12-15)22-16;/h2-4,15-17,22H,5-13H2,1H3,(H,23,25);1H. The Bertz CT molecular complexity index is 709. The molecule has 3 saturated heterocycles. The number of carbonyl (C=O) groups excluding carboxylic acids is 2. The maximum Gasteiger partial charge on any atom is 0.254 e. The van der Waals surface area contributed by atoms with Crippen LogP contribution in [0.1, 0.15) is 48.0 Å². The second kappa shape index (κ2) is 9.25. The van der Waals surface area contributed by atoms with Crippen molar-refractivity contribution >= 4 is 29.9 Å². The number of hydrogen-bond donors (Lipinski definition) is 2. The number of ether oxygens (including phenoxy) is 1. The number of nitrogens with one attached hydrogen (secondary N) is 2. The van der Waals surface area contributed by atoms with Gasteiger partial charge in [-0.1, -0.05) is 6.07 Å². The van der Waals surface area contributed by atoms with Gasteiger partial charge in [0.05, 0.1) is 13.2 Å². The predicted octanol–water partition coefficient (Wildman–Crippen LogP) is 2.75. The Morgan fingerprint density at radius 3 is 2.54 bits per heavy atom. The molecule has 0 radical (unpaired) electrons. The zero-order valence-corrected chi connectivity index (χ0v) is 17.2. The first-order chi connectivity index (χ1) is 13.1. The van der Waals surface area contributed by atoms with Crippen LogP contribution >= 0.6 is 12.4 Å². The van der Waals surface area contributed by atoms with Gasteiger partial charge in [0.15, 0.2) is 0 Å². The van der Waals surface area contributed by atoms with Crippen molar-refractivity contribution in [3.05, 3.63) is 29.3 Å². The summed E-state index contributed by atoms with van der Waals surface area (Å²) in [5, 5.41) is 6.67. The summed E-state index contributed by atoms with van der Waals surface area (Å²) in [6, 6.07) is 6.76. The highest BCUT2D eigenvalue weighted by Crippen LogP contribution is 2.33. The van der Waals surface area contributed by atoms with E-state index < -0.39 is 0 Å². The summed E-state index contributed by atoms with van der Waals surface area (Å²) in [7, 11) is 0. The summed E-state index contributed by atoms with van der Waals surface area (Å²) in [4.78, 5) is 27.2. The Kier molecular flexibility index (Phi) is 6.96. The van der Waals surface area contributed by atoms with Crippen molar-refractivity contribution < 1.29 is 14.3 Å². The minimum absolute atomic E-state index is 0. The average Bonchev–Trinajstić information content (AvgIpc) is 3.02. The van der Waals surface area contributed by atoms with Crippen LogP contribution in [0.3, 0.4) is 0 Å². The van der Waals surface area contributed by atoms with Crippen molar-refractivity contribution in [2.24, 2.45) is 5.92 Å². The van der Waals surface area contributed by atoms with Gasteiger partial charge in [-0.05, 0) is 56.2 Å². The molecule has 3 fully saturated rings. The van der Waals surface area contributed by atoms with Gasteiger partial charge < -0.3 is 20.3 Å². The van der Waals surface area contributed by atoms with E-state index in [1.54, 1.807) is 0 Å². The third-order valence-electron chi connectivity index (χ3n) is 6.18. The van der Waals surface area contributed by atoms with E-state index in [4.69, 9.17) is 4.74 Å². The fourth-order valence-corrected chi connectivity index (χ4v) is 4.74. The summed E-state index contributed by atoms with van der Waals surface area (Å²) in [5.41, 5.74) is 2.25. The Morgan fingerprint density at radius 1 is 1.18 bits per heavy atom. The molecule has 0 aliphatic carbocycles. The van der Waals surface area contributed by atoms with Gasteiger partial charge in [0.1, 0.15) is 0 Å². The monoisotopic (exact) mass is 407 g/mol. The molecule has 2 bridgehead atoms. The van der Waals surface area contributed by atoms with Crippen LogP contribution in [0.25, 0.3) is 0 Å². The molecule has 2 amide bonds. The molecule has 0 spiro atoms. The lowest BCUT2D eigenvalue weighted by molar-refractivity contribution is -0.117. The molecule has 6 nitrogen and oxygen atoms in total. The third kappa shape index (κ3) is 4.67. The van der Waals surface area contributed by atoms with Gasteiger partial charge in [-0.2, -0.15) is 0 Å². The number of carbonyl (C=O) groups is 2. The molecule has 2 atom stereocenters. The summed E-state index contributed by atoms with van der Waals surface area (Å²) < 4.78 is 5.33. The Morgan fingerprint density at radius 2 is 1.86 bits per heavy atom. The second-order valence-corrected chi connectivity index (χ2v) is 8.11. The number of amides is 2. The van der Waals surface area contributed by atoms with E-state index in [-0.39, 0.29) is 24.2 Å². The van der Waals surface area contributed by atoms with Crippen LogP contribution in [0, 0.1) is 12.8 Å². The van der Waals surface area contributed by atoms with E-state index in [9.17, 15) is 9.59 Å². The van der Waals surface area contributed by atoms with Crippen molar-refractivity contribution in [1.29, 1.82) is 0 Å². The molecule has 0 aromatic heterocycles. The fourth-order valence-electron chi connectivity index (χ4n) is 4.74. The SMILES string of the molecule is Cc1c(NC(=O)CC2CC3CCC(C2)N3)cccc1C(=O)N1CCOCC1.Cl. The van der Waals surface area contributed by atoms with E-state index in [1.807, 2.05) is 30.0 Å². The van der Waals surface area contributed by atoms with Gasteiger partial charge in [0.25, 0.3) is 5.91 Å². The van der Waals surface area contributed by atoms with Gasteiger partial charge in [0.2, 0.25) is 5.91 Å². The number of anilines is 1. The maximum absolute atomic E-state index is 12.8. The van der Waals surface area contributed by atoms with Gasteiger partial charge in [-0.3, -0.25) is 9.59 Å². The first-order valence-corrected chi connectivity index (χ1v) is 10.1. The van der Waals surface area contributed by atoms with Crippen LogP contribution in [0.2, 0.25) is 0 Å². The molecule has 2 unspecified atom stereocenters. The fraction of sp³-hybridized carbons (Fsp3) is 0.619. The summed E-state index contributed by atoms with van der Waals surface area (Å²) >= 11 is 0. The molecule has 3 heterocycles. The molecule has 4 rings (SSSR count). The zero-order chi connectivity index (χ0) is 18.8. The second-order valence-electron chi connectivity index (χ2n) is 8.11. The Balaban J connectivity index is 0.00000225. The van der Waals surface area contributed by atoms with Crippen LogP contribution in [-0.2, 0) is 9.53 Å². The normalized spacial score (nSPS) is 26.5. The number of piperidine rings is 1. The number of fused-ring (bicyclic) bond motifs is 2. The number of nitrogens with zero attached hydrogens (tertiary/aromatic N) is 1. The lowest BCUT2D eigenvalue weighted by atomic mass is 9.89. The van der Waals surface area contributed by atoms with Crippen LogP contribution in [-0.4, -0.2) is 55.1 Å². The maximum atomic E-state index is 12.8. The van der Waals surface area contributed by atoms with Crippen molar-refractivity contribution in [1.82, 2.24) is 10.2 Å². The van der Waals surface area contributed by atoms with Crippen LogP contribution in [0.5, 0.6) is 0 Å².